The molecular weight excluding hydrogens is 458 g/mol. The molecule has 9 heteroatoms. The molecule has 0 radical (unpaired) electrons. The van der Waals surface area contributed by atoms with Gasteiger partial charge >= 0.3 is 11.9 Å². The zero-order valence-electron chi connectivity index (χ0n) is 18.6. The molecule has 2 heterocycles. The first-order chi connectivity index (χ1) is 16.3. The molecule has 2 aliphatic heterocycles. The van der Waals surface area contributed by atoms with E-state index in [1.54, 1.807) is 0 Å². The van der Waals surface area contributed by atoms with E-state index in [0.29, 0.717) is 23.7 Å². The quantitative estimate of drug-likeness (QED) is 0.610. The van der Waals surface area contributed by atoms with Crippen molar-refractivity contribution in [2.24, 2.45) is 4.99 Å². The minimum Gasteiger partial charge on any atom is -0.478 e. The maximum absolute atomic E-state index is 12.8. The number of carbonyl (C=O) groups is 3. The van der Waals surface area contributed by atoms with Gasteiger partial charge in [0.05, 0.1) is 11.4 Å². The minimum absolute atomic E-state index is 0.0405. The molecule has 1 amide bonds. The standard InChI is InChI=1S/C21H22ClN3O.C4H4O4/c22-17-8-9-19-18(14-17)21(16-6-2-1-3-7-16)23-15-20(26)25(19)13-12-24-10-4-5-11-24;5-3(6)1-2-4(7)8/h1-3,6-9,14H,4-5,10-13,15H2;1-2H,(H,5,6)(H,7,8)/b;2-1-. The van der Waals surface area contributed by atoms with E-state index in [1.165, 1.54) is 12.8 Å². The maximum Gasteiger partial charge on any atom is 0.328 e. The lowest BCUT2D eigenvalue weighted by molar-refractivity contribution is -0.134. The summed E-state index contributed by atoms with van der Waals surface area (Å²) in [7, 11) is 0. The molecule has 0 aromatic heterocycles. The number of fused-ring (bicyclic) bond motifs is 1. The average molecular weight is 484 g/mol. The van der Waals surface area contributed by atoms with Crippen LogP contribution in [0.25, 0.3) is 0 Å². The highest BCUT2D eigenvalue weighted by molar-refractivity contribution is 6.32. The number of rotatable bonds is 6. The van der Waals surface area contributed by atoms with Crippen molar-refractivity contribution >= 4 is 40.8 Å². The number of aliphatic carboxylic acids is 2. The summed E-state index contributed by atoms with van der Waals surface area (Å²) in [4.78, 5) is 40.9. The highest BCUT2D eigenvalue weighted by Gasteiger charge is 2.26. The Bertz CT molecular complexity index is 1080. The summed E-state index contributed by atoms with van der Waals surface area (Å²) in [5.74, 6) is -2.47. The molecule has 1 fully saturated rings. The number of hydrogen-bond donors (Lipinski definition) is 2. The molecular formula is C25H26ClN3O5. The molecule has 8 nitrogen and oxygen atoms in total. The van der Waals surface area contributed by atoms with Crippen molar-refractivity contribution in [3.05, 3.63) is 76.8 Å². The van der Waals surface area contributed by atoms with Crippen molar-refractivity contribution in [1.29, 1.82) is 0 Å². The van der Waals surface area contributed by atoms with Crippen molar-refractivity contribution in [3.8, 4) is 0 Å². The van der Waals surface area contributed by atoms with Crippen LogP contribution in [0.1, 0.15) is 24.0 Å². The predicted octanol–water partition coefficient (Wildman–Crippen LogP) is 3.33. The zero-order valence-corrected chi connectivity index (χ0v) is 19.3. The average Bonchev–Trinajstić information content (AvgIpc) is 3.29. The largest absolute Gasteiger partial charge is 0.478 e. The van der Waals surface area contributed by atoms with E-state index >= 15 is 0 Å². The Hall–Kier alpha value is -3.49. The second kappa shape index (κ2) is 12.1. The number of amides is 1. The van der Waals surface area contributed by atoms with Gasteiger partial charge in [0.25, 0.3) is 0 Å². The van der Waals surface area contributed by atoms with E-state index in [2.05, 4.69) is 9.89 Å². The molecule has 0 bridgehead atoms. The van der Waals surface area contributed by atoms with Crippen LogP contribution in [-0.4, -0.2) is 71.4 Å². The van der Waals surface area contributed by atoms with Crippen LogP contribution in [0.3, 0.4) is 0 Å². The fraction of sp³-hybridized carbons (Fsp3) is 0.280. The summed E-state index contributed by atoms with van der Waals surface area (Å²) >= 11 is 6.28. The van der Waals surface area contributed by atoms with Gasteiger partial charge in [-0.05, 0) is 44.1 Å². The zero-order chi connectivity index (χ0) is 24.5. The first-order valence-electron chi connectivity index (χ1n) is 10.9. The van der Waals surface area contributed by atoms with Gasteiger partial charge in [-0.2, -0.15) is 0 Å². The van der Waals surface area contributed by atoms with Crippen molar-refractivity contribution in [2.75, 3.05) is 37.6 Å². The number of benzodiazepines with no additional fused rings is 1. The van der Waals surface area contributed by atoms with E-state index < -0.39 is 11.9 Å². The summed E-state index contributed by atoms with van der Waals surface area (Å²) < 4.78 is 0. The first kappa shape index (κ1) is 25.1. The van der Waals surface area contributed by atoms with Gasteiger partial charge in [-0.15, -0.1) is 0 Å². The van der Waals surface area contributed by atoms with Gasteiger partial charge in [-0.25, -0.2) is 9.59 Å². The highest BCUT2D eigenvalue weighted by Crippen LogP contribution is 2.29. The monoisotopic (exact) mass is 483 g/mol. The molecule has 0 saturated carbocycles. The van der Waals surface area contributed by atoms with Crippen molar-refractivity contribution in [3.63, 3.8) is 0 Å². The van der Waals surface area contributed by atoms with E-state index in [1.807, 2.05) is 53.4 Å². The van der Waals surface area contributed by atoms with Crippen LogP contribution in [0.15, 0.2) is 65.7 Å². The van der Waals surface area contributed by atoms with Gasteiger partial charge in [0.1, 0.15) is 6.54 Å². The van der Waals surface area contributed by atoms with Crippen LogP contribution < -0.4 is 4.90 Å². The molecule has 1 saturated heterocycles. The third-order valence-electron chi connectivity index (χ3n) is 5.43. The number of carbonyl (C=O) groups excluding carboxylic acids is 1. The summed E-state index contributed by atoms with van der Waals surface area (Å²) in [5, 5.41) is 16.3. The van der Waals surface area contributed by atoms with Gasteiger partial charge in [0.2, 0.25) is 5.91 Å². The number of benzene rings is 2. The number of carboxylic acids is 2. The fourth-order valence-electron chi connectivity index (χ4n) is 3.86. The Morgan fingerprint density at radius 2 is 1.62 bits per heavy atom. The van der Waals surface area contributed by atoms with E-state index in [-0.39, 0.29) is 12.5 Å². The minimum atomic E-state index is -1.26. The second-order valence-corrected chi connectivity index (χ2v) is 8.23. The van der Waals surface area contributed by atoms with Crippen molar-refractivity contribution in [1.82, 2.24) is 4.90 Å². The van der Waals surface area contributed by atoms with E-state index in [9.17, 15) is 14.4 Å². The Morgan fingerprint density at radius 1 is 0.971 bits per heavy atom. The molecule has 0 atom stereocenters. The number of carboxylic acid groups (broad SMARTS) is 2. The van der Waals surface area contributed by atoms with Crippen molar-refractivity contribution in [2.45, 2.75) is 12.8 Å². The molecule has 4 rings (SSSR count). The Morgan fingerprint density at radius 3 is 2.24 bits per heavy atom. The first-order valence-corrected chi connectivity index (χ1v) is 11.3. The van der Waals surface area contributed by atoms with Crippen LogP contribution in [0.5, 0.6) is 0 Å². The lowest BCUT2D eigenvalue weighted by Gasteiger charge is -2.26. The Balaban J connectivity index is 0.000000350. The Labute approximate surface area is 202 Å². The third kappa shape index (κ3) is 7.00. The summed E-state index contributed by atoms with van der Waals surface area (Å²) in [6.45, 7) is 4.00. The Kier molecular flexibility index (Phi) is 8.95. The number of hydrogen-bond acceptors (Lipinski definition) is 5. The smallest absolute Gasteiger partial charge is 0.328 e. The summed E-state index contributed by atoms with van der Waals surface area (Å²) in [5.41, 5.74) is 3.67. The summed E-state index contributed by atoms with van der Waals surface area (Å²) in [6.07, 6.45) is 3.62. The molecule has 2 aromatic rings. The lowest BCUT2D eigenvalue weighted by Crippen LogP contribution is -2.39. The van der Waals surface area contributed by atoms with Crippen molar-refractivity contribution < 1.29 is 24.6 Å². The van der Waals surface area contributed by atoms with Gasteiger partial charge in [-0.3, -0.25) is 9.79 Å². The number of halogens is 1. The number of aliphatic imine (C=N–C) groups is 1. The molecule has 2 aliphatic rings. The van der Waals surface area contributed by atoms with Crippen LogP contribution >= 0.6 is 11.6 Å². The van der Waals surface area contributed by atoms with Crippen LogP contribution in [0.4, 0.5) is 5.69 Å². The molecule has 2 N–H and O–H groups in total. The molecule has 0 spiro atoms. The SMILES string of the molecule is O=C(O)/C=C\C(=O)O.O=C1CN=C(c2ccccc2)c2cc(Cl)ccc2N1CCN1CCCC1. The van der Waals surface area contributed by atoms with Gasteiger partial charge in [0, 0.05) is 41.4 Å². The molecule has 0 unspecified atom stereocenters. The molecule has 34 heavy (non-hydrogen) atoms. The maximum atomic E-state index is 12.8. The second-order valence-electron chi connectivity index (χ2n) is 7.80. The topological polar surface area (TPSA) is 111 Å². The van der Waals surface area contributed by atoms with Crippen LogP contribution in [0.2, 0.25) is 5.02 Å². The number of nitrogens with zero attached hydrogens (tertiary/aromatic N) is 3. The molecule has 2 aromatic carbocycles. The number of likely N-dealkylation sites (tertiary alicyclic amines) is 1. The van der Waals surface area contributed by atoms with E-state index in [0.717, 1.165) is 42.2 Å². The summed E-state index contributed by atoms with van der Waals surface area (Å²) in [6, 6.07) is 15.7. The van der Waals surface area contributed by atoms with E-state index in [4.69, 9.17) is 21.8 Å². The molecule has 178 valence electrons. The molecule has 0 aliphatic carbocycles. The van der Waals surface area contributed by atoms with Gasteiger partial charge in [0.15, 0.2) is 0 Å². The van der Waals surface area contributed by atoms with Crippen LogP contribution in [0, 0.1) is 0 Å². The fourth-order valence-corrected chi connectivity index (χ4v) is 4.04. The van der Waals surface area contributed by atoms with Crippen LogP contribution in [-0.2, 0) is 14.4 Å². The van der Waals surface area contributed by atoms with Gasteiger partial charge < -0.3 is 20.0 Å². The van der Waals surface area contributed by atoms with Gasteiger partial charge in [-0.1, -0.05) is 41.9 Å². The normalized spacial score (nSPS) is 15.9. The highest BCUT2D eigenvalue weighted by atomic mass is 35.5. The number of anilines is 1. The predicted molar refractivity (Wildman–Crippen MR) is 131 cm³/mol. The lowest BCUT2D eigenvalue weighted by atomic mass is 10.00. The third-order valence-corrected chi connectivity index (χ3v) is 5.67.